The van der Waals surface area contributed by atoms with E-state index in [2.05, 4.69) is 20.3 Å². The third kappa shape index (κ3) is 3.20. The maximum Gasteiger partial charge on any atom is 0.311 e. The third-order valence-corrected chi connectivity index (χ3v) is 5.92. The van der Waals surface area contributed by atoms with E-state index in [-0.39, 0.29) is 6.04 Å². The molecule has 146 valence electrons. The number of aromatic nitrogens is 4. The molecule has 3 aromatic rings. The van der Waals surface area contributed by atoms with E-state index in [9.17, 15) is 9.90 Å². The normalized spacial score (nSPS) is 22.3. The van der Waals surface area contributed by atoms with Crippen molar-refractivity contribution in [2.75, 3.05) is 5.32 Å². The molecule has 0 bridgehead atoms. The maximum absolute atomic E-state index is 11.9. The number of aromatic amines is 1. The zero-order valence-electron chi connectivity index (χ0n) is 15.8. The SMILES string of the molecule is Cc1cnc(-c2c[nH]c3ncc(Cl)cc23)nc1N[C@H]1CCCC[C@]1(C)C(=O)O. The molecule has 0 unspecified atom stereocenters. The maximum atomic E-state index is 11.9. The number of nitrogens with zero attached hydrogens (tertiary/aromatic N) is 3. The van der Waals surface area contributed by atoms with E-state index in [4.69, 9.17) is 16.6 Å². The topological polar surface area (TPSA) is 104 Å². The number of hydrogen-bond acceptors (Lipinski definition) is 5. The molecule has 0 aromatic carbocycles. The number of H-pyrrole nitrogens is 1. The van der Waals surface area contributed by atoms with Gasteiger partial charge in [-0.2, -0.15) is 0 Å². The summed E-state index contributed by atoms with van der Waals surface area (Å²) in [7, 11) is 0. The fourth-order valence-corrected chi connectivity index (χ4v) is 4.02. The van der Waals surface area contributed by atoms with Crippen molar-refractivity contribution in [2.24, 2.45) is 5.41 Å². The Balaban J connectivity index is 1.71. The van der Waals surface area contributed by atoms with Crippen LogP contribution >= 0.6 is 11.6 Å². The number of halogens is 1. The number of aryl methyl sites for hydroxylation is 1. The molecule has 1 aliphatic carbocycles. The fraction of sp³-hybridized carbons (Fsp3) is 0.400. The van der Waals surface area contributed by atoms with Crippen molar-refractivity contribution in [1.82, 2.24) is 19.9 Å². The number of anilines is 1. The van der Waals surface area contributed by atoms with Crippen LogP contribution in [0.5, 0.6) is 0 Å². The Labute approximate surface area is 167 Å². The lowest BCUT2D eigenvalue weighted by Crippen LogP contribution is -2.46. The van der Waals surface area contributed by atoms with Gasteiger partial charge in [-0.05, 0) is 32.8 Å². The van der Waals surface area contributed by atoms with Crippen LogP contribution < -0.4 is 5.32 Å². The van der Waals surface area contributed by atoms with Crippen LogP contribution in [-0.2, 0) is 4.79 Å². The predicted octanol–water partition coefficient (Wildman–Crippen LogP) is 4.43. The largest absolute Gasteiger partial charge is 0.481 e. The van der Waals surface area contributed by atoms with Gasteiger partial charge in [0.25, 0.3) is 0 Å². The van der Waals surface area contributed by atoms with Crippen LogP contribution in [0.2, 0.25) is 5.02 Å². The smallest absolute Gasteiger partial charge is 0.311 e. The Kier molecular flexibility index (Phi) is 4.71. The molecule has 3 N–H and O–H groups in total. The fourth-order valence-electron chi connectivity index (χ4n) is 3.87. The lowest BCUT2D eigenvalue weighted by atomic mass is 9.71. The summed E-state index contributed by atoms with van der Waals surface area (Å²) >= 11 is 6.10. The van der Waals surface area contributed by atoms with Gasteiger partial charge in [-0.3, -0.25) is 4.79 Å². The molecule has 2 atom stereocenters. The number of aliphatic carboxylic acids is 1. The Morgan fingerprint density at radius 3 is 2.96 bits per heavy atom. The van der Waals surface area contributed by atoms with Crippen LogP contribution in [0.25, 0.3) is 22.4 Å². The molecule has 7 nitrogen and oxygen atoms in total. The minimum atomic E-state index is -0.811. The summed E-state index contributed by atoms with van der Waals surface area (Å²) in [6, 6.07) is 1.65. The summed E-state index contributed by atoms with van der Waals surface area (Å²) in [5.74, 6) is 0.430. The first-order valence-corrected chi connectivity index (χ1v) is 9.73. The van der Waals surface area contributed by atoms with Crippen LogP contribution in [0.15, 0.2) is 24.7 Å². The number of hydrogen-bond donors (Lipinski definition) is 3. The van der Waals surface area contributed by atoms with Gasteiger partial charge in [0.05, 0.1) is 10.4 Å². The van der Waals surface area contributed by atoms with Crippen LogP contribution in [0, 0.1) is 12.3 Å². The summed E-state index contributed by atoms with van der Waals surface area (Å²) in [5, 5.41) is 14.6. The minimum Gasteiger partial charge on any atom is -0.481 e. The molecule has 4 rings (SSSR count). The van der Waals surface area contributed by atoms with Gasteiger partial charge < -0.3 is 15.4 Å². The van der Waals surface area contributed by atoms with Gasteiger partial charge in [-0.1, -0.05) is 24.4 Å². The second kappa shape index (κ2) is 7.05. The zero-order chi connectivity index (χ0) is 19.9. The first kappa shape index (κ1) is 18.7. The number of carbonyl (C=O) groups is 1. The van der Waals surface area contributed by atoms with Crippen molar-refractivity contribution < 1.29 is 9.90 Å². The van der Waals surface area contributed by atoms with Crippen LogP contribution in [0.4, 0.5) is 5.82 Å². The van der Waals surface area contributed by atoms with E-state index in [1.165, 1.54) is 0 Å². The van der Waals surface area contributed by atoms with Gasteiger partial charge in [-0.25, -0.2) is 15.0 Å². The molecule has 0 saturated heterocycles. The highest BCUT2D eigenvalue weighted by molar-refractivity contribution is 6.31. The Bertz CT molecular complexity index is 1050. The van der Waals surface area contributed by atoms with E-state index in [0.29, 0.717) is 28.7 Å². The van der Waals surface area contributed by atoms with Crippen molar-refractivity contribution >= 4 is 34.4 Å². The summed E-state index contributed by atoms with van der Waals surface area (Å²) in [6.45, 7) is 3.73. The first-order chi connectivity index (χ1) is 13.4. The van der Waals surface area contributed by atoms with Gasteiger partial charge in [-0.15, -0.1) is 0 Å². The standard InChI is InChI=1S/C20H22ClN5O2/c1-11-8-22-18(14-10-24-17-13(14)7-12(21)9-23-17)26-16(11)25-15-5-3-4-6-20(15,2)19(27)28/h7-10,15H,3-6H2,1-2H3,(H,23,24)(H,27,28)(H,22,25,26)/t15-,20-/m0/s1. The number of fused-ring (bicyclic) bond motifs is 1. The highest BCUT2D eigenvalue weighted by atomic mass is 35.5. The molecule has 3 heterocycles. The van der Waals surface area contributed by atoms with Crippen molar-refractivity contribution in [3.63, 3.8) is 0 Å². The molecular formula is C20H22ClN5O2. The highest BCUT2D eigenvalue weighted by Gasteiger charge is 2.43. The lowest BCUT2D eigenvalue weighted by molar-refractivity contribution is -0.150. The number of carboxylic acids is 1. The van der Waals surface area contributed by atoms with Crippen molar-refractivity contribution in [2.45, 2.75) is 45.6 Å². The molecule has 8 heteroatoms. The summed E-state index contributed by atoms with van der Waals surface area (Å²) in [4.78, 5) is 28.5. The molecule has 0 amide bonds. The Morgan fingerprint density at radius 2 is 2.18 bits per heavy atom. The molecule has 0 aliphatic heterocycles. The summed E-state index contributed by atoms with van der Waals surface area (Å²) in [6.07, 6.45) is 8.54. The van der Waals surface area contributed by atoms with Crippen LogP contribution in [0.1, 0.15) is 38.2 Å². The van der Waals surface area contributed by atoms with Crippen molar-refractivity contribution in [3.8, 4) is 11.4 Å². The van der Waals surface area contributed by atoms with E-state index in [0.717, 1.165) is 35.8 Å². The van der Waals surface area contributed by atoms with Gasteiger partial charge in [0, 0.05) is 41.1 Å². The average Bonchev–Trinajstić information content (AvgIpc) is 3.08. The van der Waals surface area contributed by atoms with Gasteiger partial charge in [0.2, 0.25) is 0 Å². The quantitative estimate of drug-likeness (QED) is 0.599. The zero-order valence-corrected chi connectivity index (χ0v) is 16.5. The molecule has 1 aliphatic rings. The molecule has 3 aromatic heterocycles. The number of pyridine rings is 1. The number of nitrogens with one attached hydrogen (secondary N) is 2. The molecule has 1 saturated carbocycles. The van der Waals surface area contributed by atoms with Crippen molar-refractivity contribution in [1.29, 1.82) is 0 Å². The van der Waals surface area contributed by atoms with E-state index in [1.54, 1.807) is 12.4 Å². The second-order valence-electron chi connectivity index (χ2n) is 7.64. The Hall–Kier alpha value is -2.67. The van der Waals surface area contributed by atoms with Gasteiger partial charge >= 0.3 is 5.97 Å². The van der Waals surface area contributed by atoms with E-state index >= 15 is 0 Å². The average molecular weight is 400 g/mol. The van der Waals surface area contributed by atoms with E-state index < -0.39 is 11.4 Å². The van der Waals surface area contributed by atoms with Crippen LogP contribution in [0.3, 0.4) is 0 Å². The Morgan fingerprint density at radius 1 is 1.36 bits per heavy atom. The number of rotatable bonds is 4. The molecule has 28 heavy (non-hydrogen) atoms. The lowest BCUT2D eigenvalue weighted by Gasteiger charge is -2.38. The molecule has 1 fully saturated rings. The highest BCUT2D eigenvalue weighted by Crippen LogP contribution is 2.38. The third-order valence-electron chi connectivity index (χ3n) is 5.72. The van der Waals surface area contributed by atoms with Gasteiger partial charge in [0.1, 0.15) is 11.5 Å². The summed E-state index contributed by atoms with van der Waals surface area (Å²) < 4.78 is 0. The molecular weight excluding hydrogens is 378 g/mol. The minimum absolute atomic E-state index is 0.181. The van der Waals surface area contributed by atoms with Crippen LogP contribution in [-0.4, -0.2) is 37.1 Å². The molecule has 0 spiro atoms. The monoisotopic (exact) mass is 399 g/mol. The summed E-state index contributed by atoms with van der Waals surface area (Å²) in [5.41, 5.74) is 1.58. The first-order valence-electron chi connectivity index (χ1n) is 9.35. The number of carboxylic acid groups (broad SMARTS) is 1. The van der Waals surface area contributed by atoms with E-state index in [1.807, 2.05) is 26.1 Å². The van der Waals surface area contributed by atoms with Crippen molar-refractivity contribution in [3.05, 3.63) is 35.2 Å². The molecule has 0 radical (unpaired) electrons. The predicted molar refractivity (Wildman–Crippen MR) is 108 cm³/mol. The van der Waals surface area contributed by atoms with Gasteiger partial charge in [0.15, 0.2) is 5.82 Å². The second-order valence-corrected chi connectivity index (χ2v) is 8.08.